The van der Waals surface area contributed by atoms with Crippen LogP contribution in [0.5, 0.6) is 0 Å². The summed E-state index contributed by atoms with van der Waals surface area (Å²) < 4.78 is 15.7. The molecule has 12 rings (SSSR count). The van der Waals surface area contributed by atoms with Crippen molar-refractivity contribution in [1.82, 2.24) is 14.5 Å². The third-order valence-electron chi connectivity index (χ3n) is 16.4. The number of halogens is 3. The molecular formula is C58H63BrCl2N4O8. The molecule has 2 aromatic heterocycles. The number of hydrogen-bond acceptors (Lipinski definition) is 8. The van der Waals surface area contributed by atoms with Gasteiger partial charge in [-0.05, 0) is 146 Å². The molecule has 0 amide bonds. The number of ether oxygens (including phenoxy) is 2. The lowest BCUT2D eigenvalue weighted by molar-refractivity contribution is -0.158. The van der Waals surface area contributed by atoms with Gasteiger partial charge in [-0.25, -0.2) is 0 Å². The standard InChI is InChI=1S/C29H31ClN2O4.C25H23BrClNO3.C4H9NO/c30-25-6-5-24(26(33)13-20-14-29(15-20)16-21(17-29)28(34)35)27-23(25)7-8-32(27)18-19-1-3-22(4-2-19)31-9-11-36-12-10-31;26-18-3-1-15(2-4-18)14-28-8-7-19-21(27)6-5-20(23(19)28)22(29)9-16-10-25(11-16)12-17(13-25)24(30)31;1-3-6-4-2-5-1/h1-8,20-21H,9-18H2,(H,34,35);1-8,16-17H,9-14H2,(H,30,31);5H,1-4H2. The van der Waals surface area contributed by atoms with Gasteiger partial charge in [-0.2, -0.15) is 0 Å². The molecule has 2 saturated heterocycles. The van der Waals surface area contributed by atoms with Crippen LogP contribution in [0.15, 0.2) is 102 Å². The van der Waals surface area contributed by atoms with E-state index in [4.69, 9.17) is 37.8 Å². The van der Waals surface area contributed by atoms with Crippen molar-refractivity contribution in [3.05, 3.63) is 134 Å². The number of nitrogens with one attached hydrogen (secondary N) is 1. The predicted molar refractivity (Wildman–Crippen MR) is 288 cm³/mol. The van der Waals surface area contributed by atoms with Gasteiger partial charge in [-0.1, -0.05) is 63.4 Å². The molecule has 3 N–H and O–H groups in total. The number of aliphatic carboxylic acids is 2. The van der Waals surface area contributed by atoms with Crippen LogP contribution in [0.4, 0.5) is 5.69 Å². The van der Waals surface area contributed by atoms with E-state index in [1.165, 1.54) is 11.3 Å². The lowest BCUT2D eigenvalue weighted by Gasteiger charge is -2.56. The minimum Gasteiger partial charge on any atom is -0.481 e. The maximum Gasteiger partial charge on any atom is 0.306 e. The van der Waals surface area contributed by atoms with Gasteiger partial charge < -0.3 is 39.0 Å². The highest BCUT2D eigenvalue weighted by Crippen LogP contribution is 2.63. The second-order valence-corrected chi connectivity index (χ2v) is 23.3. The molecule has 4 aliphatic carbocycles. The summed E-state index contributed by atoms with van der Waals surface area (Å²) in [5, 5.41) is 24.6. The fourth-order valence-corrected chi connectivity index (χ4v) is 13.5. The summed E-state index contributed by atoms with van der Waals surface area (Å²) in [5.41, 5.74) is 7.12. The fourth-order valence-electron chi connectivity index (χ4n) is 12.8. The van der Waals surface area contributed by atoms with Crippen molar-refractivity contribution < 1.29 is 38.9 Å². The third-order valence-corrected chi connectivity index (χ3v) is 17.6. The lowest BCUT2D eigenvalue weighted by atomic mass is 9.47. The van der Waals surface area contributed by atoms with Crippen LogP contribution in [0.25, 0.3) is 21.8 Å². The molecule has 0 radical (unpaired) electrons. The average molecular weight is 1090 g/mol. The van der Waals surface area contributed by atoms with Crippen LogP contribution in [-0.2, 0) is 32.2 Å². The number of anilines is 1. The van der Waals surface area contributed by atoms with Crippen LogP contribution in [0, 0.1) is 34.5 Å². The maximum absolute atomic E-state index is 13.4. The largest absolute Gasteiger partial charge is 0.481 e. The normalized spacial score (nSPS) is 25.1. The topological polar surface area (TPSA) is 152 Å². The predicted octanol–water partition coefficient (Wildman–Crippen LogP) is 11.8. The molecule has 2 aliphatic heterocycles. The van der Waals surface area contributed by atoms with E-state index in [0.29, 0.717) is 47.8 Å². The van der Waals surface area contributed by atoms with Crippen LogP contribution in [0.3, 0.4) is 0 Å². The highest BCUT2D eigenvalue weighted by atomic mass is 79.9. The monoisotopic (exact) mass is 1090 g/mol. The number of rotatable bonds is 13. The second-order valence-electron chi connectivity index (χ2n) is 21.5. The number of nitrogens with zero attached hydrogens (tertiary/aromatic N) is 3. The number of carboxylic acid groups (broad SMARTS) is 2. The number of ketones is 2. The molecule has 2 spiro atoms. The summed E-state index contributed by atoms with van der Waals surface area (Å²) in [4.78, 5) is 51.3. The second kappa shape index (κ2) is 22.1. The minimum absolute atomic E-state index is 0.145. The number of hydrogen-bond donors (Lipinski definition) is 3. The molecule has 15 heteroatoms. The summed E-state index contributed by atoms with van der Waals surface area (Å²) in [7, 11) is 0. The van der Waals surface area contributed by atoms with Crippen molar-refractivity contribution in [3.8, 4) is 0 Å². The van der Waals surface area contributed by atoms with Crippen LogP contribution < -0.4 is 10.2 Å². The molecule has 0 bridgehead atoms. The van der Waals surface area contributed by atoms with Gasteiger partial charge in [0.25, 0.3) is 0 Å². The molecule has 0 unspecified atom stereocenters. The van der Waals surface area contributed by atoms with Gasteiger partial charge in [-0.15, -0.1) is 0 Å². The molecule has 384 valence electrons. The zero-order valence-electron chi connectivity index (χ0n) is 41.0. The van der Waals surface area contributed by atoms with Crippen molar-refractivity contribution in [2.45, 2.75) is 77.3 Å². The number of Topliss-reactive ketones (excluding diaryl/α,β-unsaturated/α-hetero) is 2. The number of carboxylic acids is 2. The number of morpholine rings is 2. The van der Waals surface area contributed by atoms with E-state index in [1.807, 2.05) is 60.9 Å². The van der Waals surface area contributed by atoms with Gasteiger partial charge >= 0.3 is 11.9 Å². The Bertz CT molecular complexity index is 2960. The highest BCUT2D eigenvalue weighted by Gasteiger charge is 2.56. The first-order valence-corrected chi connectivity index (χ1v) is 27.3. The van der Waals surface area contributed by atoms with Crippen molar-refractivity contribution in [2.75, 3.05) is 57.5 Å². The number of aromatic nitrogens is 2. The quantitative estimate of drug-likeness (QED) is 0.0953. The Morgan fingerprint density at radius 2 is 1.00 bits per heavy atom. The Hall–Kier alpha value is -5.02. The number of benzene rings is 4. The van der Waals surface area contributed by atoms with Crippen LogP contribution in [0.2, 0.25) is 10.0 Å². The van der Waals surface area contributed by atoms with Crippen molar-refractivity contribution in [2.24, 2.45) is 34.5 Å². The van der Waals surface area contributed by atoms with Gasteiger partial charge in [0.2, 0.25) is 0 Å². The number of fused-ring (bicyclic) bond motifs is 2. The van der Waals surface area contributed by atoms with E-state index in [1.54, 1.807) is 0 Å². The van der Waals surface area contributed by atoms with Gasteiger partial charge in [0, 0.05) is 107 Å². The zero-order valence-corrected chi connectivity index (χ0v) is 44.1. The summed E-state index contributed by atoms with van der Waals surface area (Å²) in [6.45, 7) is 8.51. The summed E-state index contributed by atoms with van der Waals surface area (Å²) in [6, 6.07) is 28.1. The lowest BCUT2D eigenvalue weighted by Crippen LogP contribution is -2.50. The van der Waals surface area contributed by atoms with Gasteiger partial charge in [0.05, 0.1) is 49.3 Å². The van der Waals surface area contributed by atoms with Gasteiger partial charge in [0.1, 0.15) is 0 Å². The highest BCUT2D eigenvalue weighted by molar-refractivity contribution is 9.10. The van der Waals surface area contributed by atoms with Crippen LogP contribution in [-0.4, -0.2) is 95.5 Å². The van der Waals surface area contributed by atoms with Crippen molar-refractivity contribution in [1.29, 1.82) is 0 Å². The summed E-state index contributed by atoms with van der Waals surface area (Å²) >= 11 is 16.4. The molecule has 73 heavy (non-hydrogen) atoms. The van der Waals surface area contributed by atoms with Crippen molar-refractivity contribution in [3.63, 3.8) is 0 Å². The summed E-state index contributed by atoms with van der Waals surface area (Å²) in [6.07, 6.45) is 12.0. The molecule has 6 aliphatic rings. The first-order chi connectivity index (χ1) is 35.2. The van der Waals surface area contributed by atoms with Gasteiger partial charge in [-0.3, -0.25) is 19.2 Å². The minimum atomic E-state index is -0.680. The SMILES string of the molecule is C1COCCN1.O=C(CC1CC2(C1)CC(C(=O)O)C2)c1ccc(Cl)c2ccn(Cc3ccc(Br)cc3)c12.O=C(CC1CC2(C1)CC(C(=O)O)C2)c1ccc(Cl)c2ccn(Cc3ccc(N4CCOCC4)cc3)c12. The van der Waals surface area contributed by atoms with E-state index < -0.39 is 11.9 Å². The Morgan fingerprint density at radius 3 is 1.40 bits per heavy atom. The van der Waals surface area contributed by atoms with Crippen LogP contribution in [0.1, 0.15) is 96.1 Å². The van der Waals surface area contributed by atoms with E-state index in [-0.39, 0.29) is 34.2 Å². The Kier molecular flexibility index (Phi) is 15.5. The van der Waals surface area contributed by atoms with E-state index in [9.17, 15) is 24.3 Å². The number of carbonyl (C=O) groups is 4. The fraction of sp³-hybridized carbons (Fsp3) is 0.448. The third kappa shape index (κ3) is 11.5. The smallest absolute Gasteiger partial charge is 0.306 e. The average Bonchev–Trinajstić information content (AvgIpc) is 3.97. The molecule has 4 heterocycles. The Morgan fingerprint density at radius 1 is 0.575 bits per heavy atom. The molecule has 12 nitrogen and oxygen atoms in total. The molecular weight excluding hydrogens is 1030 g/mol. The van der Waals surface area contributed by atoms with E-state index in [0.717, 1.165) is 147 Å². The van der Waals surface area contributed by atoms with E-state index >= 15 is 0 Å². The Balaban J connectivity index is 0.000000151. The first kappa shape index (κ1) is 51.5. The Labute approximate surface area is 444 Å². The van der Waals surface area contributed by atoms with E-state index in [2.05, 4.69) is 71.7 Å². The maximum atomic E-state index is 13.4. The molecule has 4 aromatic carbocycles. The zero-order chi connectivity index (χ0) is 50.9. The molecule has 0 atom stereocenters. The molecule has 6 aromatic rings. The molecule has 6 fully saturated rings. The molecule has 4 saturated carbocycles. The first-order valence-electron chi connectivity index (χ1n) is 25.8. The van der Waals surface area contributed by atoms with Crippen molar-refractivity contribution >= 4 is 90.1 Å². The summed E-state index contributed by atoms with van der Waals surface area (Å²) in [5.74, 6) is -0.754. The van der Waals surface area contributed by atoms with Crippen LogP contribution >= 0.6 is 39.1 Å². The van der Waals surface area contributed by atoms with Gasteiger partial charge in [0.15, 0.2) is 11.6 Å². The number of carbonyl (C=O) groups excluding carboxylic acids is 2.